The summed E-state index contributed by atoms with van der Waals surface area (Å²) in [6, 6.07) is 14.2. The minimum absolute atomic E-state index is 0.0317. The van der Waals surface area contributed by atoms with Crippen LogP contribution in [0.1, 0.15) is 51.7 Å². The van der Waals surface area contributed by atoms with E-state index in [2.05, 4.69) is 10.6 Å². The van der Waals surface area contributed by atoms with Crippen LogP contribution < -0.4 is 5.73 Å². The quantitative estimate of drug-likeness (QED) is 0.340. The number of aryl methyl sites for hydroxylation is 1. The van der Waals surface area contributed by atoms with Crippen LogP contribution in [0.5, 0.6) is 0 Å². The molecule has 3 atom stereocenters. The van der Waals surface area contributed by atoms with Gasteiger partial charge in [-0.2, -0.15) is 0 Å². The first-order valence-corrected chi connectivity index (χ1v) is 13.9. The Hall–Kier alpha value is -3.76. The summed E-state index contributed by atoms with van der Waals surface area (Å²) in [5.41, 5.74) is 8.94. The zero-order valence-electron chi connectivity index (χ0n) is 23.1. The van der Waals surface area contributed by atoms with Gasteiger partial charge >= 0.3 is 5.97 Å². The van der Waals surface area contributed by atoms with Gasteiger partial charge in [0.1, 0.15) is 5.82 Å². The van der Waals surface area contributed by atoms with Crippen molar-refractivity contribution in [2.24, 2.45) is 11.7 Å². The van der Waals surface area contributed by atoms with Crippen LogP contribution in [0, 0.1) is 5.92 Å². The average Bonchev–Trinajstić information content (AvgIpc) is 3.57. The van der Waals surface area contributed by atoms with Gasteiger partial charge in [-0.25, -0.2) is 9.78 Å². The second kappa shape index (κ2) is 12.2. The minimum Gasteiger partial charge on any atom is -0.465 e. The normalized spacial score (nSPS) is 21.1. The maximum absolute atomic E-state index is 13.8. The Bertz CT molecular complexity index is 1390. The summed E-state index contributed by atoms with van der Waals surface area (Å²) in [5, 5.41) is 0. The van der Waals surface area contributed by atoms with Gasteiger partial charge in [0, 0.05) is 58.4 Å². The van der Waals surface area contributed by atoms with Crippen LogP contribution in [0.25, 0.3) is 11.0 Å². The number of ether oxygens (including phenoxy) is 2. The molecule has 0 bridgehead atoms. The summed E-state index contributed by atoms with van der Waals surface area (Å²) in [6.07, 6.45) is 2.69. The first kappa shape index (κ1) is 27.8. The smallest absolute Gasteiger partial charge is 0.338 e. The van der Waals surface area contributed by atoms with E-state index in [4.69, 9.17) is 20.2 Å². The van der Waals surface area contributed by atoms with Crippen molar-refractivity contribution in [2.75, 3.05) is 47.0 Å². The Morgan fingerprint density at radius 1 is 0.975 bits per heavy atom. The zero-order chi connectivity index (χ0) is 28.2. The predicted molar refractivity (Wildman–Crippen MR) is 150 cm³/mol. The Morgan fingerprint density at radius 3 is 2.50 bits per heavy atom. The number of esters is 1. The number of nitrogens with two attached hydrogens (primary N) is 1. The number of fused-ring (bicyclic) bond motifs is 1. The highest BCUT2D eigenvalue weighted by atomic mass is 16.5. The number of carbonyl (C=O) groups excluding carboxylic acids is 3. The number of carbonyl (C=O) groups is 3. The van der Waals surface area contributed by atoms with Gasteiger partial charge in [0.05, 0.1) is 35.2 Å². The van der Waals surface area contributed by atoms with Crippen molar-refractivity contribution in [3.63, 3.8) is 0 Å². The molecule has 1 aromatic heterocycles. The number of rotatable bonds is 8. The molecule has 2 saturated heterocycles. The molecule has 2 amide bonds. The molecule has 10 nitrogen and oxygen atoms in total. The molecule has 3 heterocycles. The number of nitrogens with zero attached hydrogens (tertiary/aromatic N) is 4. The molecule has 2 aliphatic rings. The Morgan fingerprint density at radius 2 is 1.73 bits per heavy atom. The molecule has 212 valence electrons. The van der Waals surface area contributed by atoms with E-state index in [1.165, 1.54) is 7.11 Å². The lowest BCUT2D eigenvalue weighted by molar-refractivity contribution is -0.136. The third-order valence-electron chi connectivity index (χ3n) is 8.04. The molecule has 2 aliphatic heterocycles. The van der Waals surface area contributed by atoms with Gasteiger partial charge in [-0.05, 0) is 43.5 Å². The van der Waals surface area contributed by atoms with Crippen molar-refractivity contribution in [2.45, 2.75) is 37.8 Å². The van der Waals surface area contributed by atoms with Crippen molar-refractivity contribution in [1.29, 1.82) is 0 Å². The van der Waals surface area contributed by atoms with Gasteiger partial charge in [-0.3, -0.25) is 9.59 Å². The molecule has 0 saturated carbocycles. The number of hydrogen-bond donors (Lipinski definition) is 1. The Balaban J connectivity index is 1.31. The number of likely N-dealkylation sites (tertiary alicyclic amines) is 2. The van der Waals surface area contributed by atoms with Crippen LogP contribution in [0.15, 0.2) is 48.5 Å². The van der Waals surface area contributed by atoms with Crippen LogP contribution in [-0.2, 0) is 20.8 Å². The highest BCUT2D eigenvalue weighted by Crippen LogP contribution is 2.31. The fourth-order valence-corrected chi connectivity index (χ4v) is 6.01. The maximum atomic E-state index is 13.8. The monoisotopic (exact) mass is 547 g/mol. The van der Waals surface area contributed by atoms with Gasteiger partial charge in [0.15, 0.2) is 0 Å². The molecular weight excluding hydrogens is 510 g/mol. The van der Waals surface area contributed by atoms with Crippen molar-refractivity contribution < 1.29 is 23.9 Å². The van der Waals surface area contributed by atoms with E-state index in [1.54, 1.807) is 36.3 Å². The average molecular weight is 548 g/mol. The largest absolute Gasteiger partial charge is 0.465 e. The summed E-state index contributed by atoms with van der Waals surface area (Å²) in [5.74, 6) is -0.332. The van der Waals surface area contributed by atoms with Crippen LogP contribution in [-0.4, -0.2) is 90.2 Å². The number of para-hydroxylation sites is 2. The highest BCUT2D eigenvalue weighted by Gasteiger charge is 2.41. The number of aromatic nitrogens is 2. The second-order valence-electron chi connectivity index (χ2n) is 10.6. The van der Waals surface area contributed by atoms with Crippen molar-refractivity contribution in [1.82, 2.24) is 19.4 Å². The molecule has 10 heteroatoms. The van der Waals surface area contributed by atoms with Crippen molar-refractivity contribution >= 4 is 28.8 Å². The maximum Gasteiger partial charge on any atom is 0.338 e. The SMILES string of the molecule is COCCCn1c([C@@H]2CCCN(C(=O)[C@@H]3CN(C(=O)c4ccccc4C(=O)OC)C[C@H]3N)C2)nc2ccccc21. The van der Waals surface area contributed by atoms with Crippen LogP contribution in [0.4, 0.5) is 0 Å². The molecule has 2 aromatic carbocycles. The van der Waals surface area contributed by atoms with E-state index in [-0.39, 0.29) is 41.9 Å². The Kier molecular flexibility index (Phi) is 8.46. The molecule has 0 unspecified atom stereocenters. The number of methoxy groups -OCH3 is 2. The van der Waals surface area contributed by atoms with E-state index in [1.807, 2.05) is 23.1 Å². The minimum atomic E-state index is -0.576. The van der Waals surface area contributed by atoms with Gasteiger partial charge in [-0.1, -0.05) is 24.3 Å². The van der Waals surface area contributed by atoms with Gasteiger partial charge in [-0.15, -0.1) is 0 Å². The summed E-state index contributed by atoms with van der Waals surface area (Å²) in [7, 11) is 2.99. The lowest BCUT2D eigenvalue weighted by atomic mass is 9.94. The zero-order valence-corrected chi connectivity index (χ0v) is 23.1. The summed E-state index contributed by atoms with van der Waals surface area (Å²) >= 11 is 0. The standard InChI is InChI=1S/C30H37N5O5/c1-39-16-8-15-35-26-13-6-5-12-25(26)32-27(35)20-9-7-14-33(17-20)29(37)23-18-34(19-24(23)31)28(36)21-10-3-4-11-22(21)30(38)40-2/h3-6,10-13,20,23-24H,7-9,14-19,31H2,1-2H3/t20-,23-,24-/m1/s1. The Labute approximate surface area is 234 Å². The van der Waals surface area contributed by atoms with Crippen molar-refractivity contribution in [3.8, 4) is 0 Å². The molecule has 0 radical (unpaired) electrons. The molecule has 5 rings (SSSR count). The molecule has 0 spiro atoms. The fraction of sp³-hybridized carbons (Fsp3) is 0.467. The van der Waals surface area contributed by atoms with E-state index in [0.29, 0.717) is 19.7 Å². The predicted octanol–water partition coefficient (Wildman–Crippen LogP) is 2.66. The molecule has 2 N–H and O–H groups in total. The summed E-state index contributed by atoms with van der Waals surface area (Å²) in [4.78, 5) is 47.8. The number of benzene rings is 2. The molecule has 3 aromatic rings. The highest BCUT2D eigenvalue weighted by molar-refractivity contribution is 6.05. The number of amides is 2. The van der Waals surface area contributed by atoms with E-state index in [0.717, 1.165) is 42.7 Å². The molecule has 0 aliphatic carbocycles. The second-order valence-corrected chi connectivity index (χ2v) is 10.6. The molecule has 2 fully saturated rings. The third-order valence-corrected chi connectivity index (χ3v) is 8.04. The molecule has 40 heavy (non-hydrogen) atoms. The van der Waals surface area contributed by atoms with Crippen LogP contribution in [0.2, 0.25) is 0 Å². The summed E-state index contributed by atoms with van der Waals surface area (Å²) < 4.78 is 12.4. The van der Waals surface area contributed by atoms with Gasteiger partial charge in [0.2, 0.25) is 5.91 Å². The van der Waals surface area contributed by atoms with Crippen LogP contribution in [0.3, 0.4) is 0 Å². The first-order chi connectivity index (χ1) is 19.4. The topological polar surface area (TPSA) is 120 Å². The number of hydrogen-bond acceptors (Lipinski definition) is 7. The first-order valence-electron chi connectivity index (χ1n) is 13.9. The summed E-state index contributed by atoms with van der Waals surface area (Å²) in [6.45, 7) is 3.14. The third kappa shape index (κ3) is 5.46. The van der Waals surface area contributed by atoms with Gasteiger partial charge < -0.3 is 29.6 Å². The lowest BCUT2D eigenvalue weighted by Gasteiger charge is -2.35. The number of piperidine rings is 1. The van der Waals surface area contributed by atoms with Crippen LogP contribution >= 0.6 is 0 Å². The fourth-order valence-electron chi connectivity index (χ4n) is 6.01. The van der Waals surface area contributed by atoms with E-state index < -0.39 is 17.9 Å². The van der Waals surface area contributed by atoms with E-state index >= 15 is 0 Å². The molecular formula is C30H37N5O5. The van der Waals surface area contributed by atoms with Crippen molar-refractivity contribution in [3.05, 3.63) is 65.5 Å². The van der Waals surface area contributed by atoms with E-state index in [9.17, 15) is 14.4 Å². The lowest BCUT2D eigenvalue weighted by Crippen LogP contribution is -2.47. The number of imidazole rings is 1. The van der Waals surface area contributed by atoms with Gasteiger partial charge in [0.25, 0.3) is 5.91 Å².